The van der Waals surface area contributed by atoms with Gasteiger partial charge in [-0.1, -0.05) is 48.5 Å². The number of aromatic nitrogens is 3. The Morgan fingerprint density at radius 2 is 1.67 bits per heavy atom. The lowest BCUT2D eigenvalue weighted by Gasteiger charge is -2.11. The molecule has 1 amide bonds. The highest BCUT2D eigenvalue weighted by atomic mass is 19.1. The normalized spacial score (nSPS) is 10.4. The van der Waals surface area contributed by atoms with Gasteiger partial charge in [0.05, 0.1) is 17.9 Å². The Labute approximate surface area is 172 Å². The number of halogens is 1. The fourth-order valence-corrected chi connectivity index (χ4v) is 2.80. The SMILES string of the molecule is O=C(Nc1ccccc1F)c1cc(NCc2ccccn2)nc(-c2ccccc2)n1. The zero-order valence-electron chi connectivity index (χ0n) is 15.9. The average Bonchev–Trinajstić information content (AvgIpc) is 2.80. The third-order valence-electron chi connectivity index (χ3n) is 4.29. The first kappa shape index (κ1) is 19.2. The average molecular weight is 399 g/mol. The summed E-state index contributed by atoms with van der Waals surface area (Å²) in [5.41, 5.74) is 1.80. The molecule has 0 fully saturated rings. The number of nitrogens with one attached hydrogen (secondary N) is 2. The molecule has 0 spiro atoms. The Morgan fingerprint density at radius 3 is 2.43 bits per heavy atom. The molecule has 0 atom stereocenters. The molecule has 0 aliphatic carbocycles. The van der Waals surface area contributed by atoms with Gasteiger partial charge in [0.2, 0.25) is 0 Å². The summed E-state index contributed by atoms with van der Waals surface area (Å²) in [6.45, 7) is 0.431. The van der Waals surface area contributed by atoms with E-state index in [-0.39, 0.29) is 11.4 Å². The van der Waals surface area contributed by atoms with Crippen LogP contribution in [0.4, 0.5) is 15.9 Å². The predicted molar refractivity (Wildman–Crippen MR) is 113 cm³/mol. The van der Waals surface area contributed by atoms with Crippen LogP contribution in [-0.4, -0.2) is 20.9 Å². The maximum absolute atomic E-state index is 13.9. The summed E-state index contributed by atoms with van der Waals surface area (Å²) >= 11 is 0. The molecule has 2 N–H and O–H groups in total. The van der Waals surface area contributed by atoms with Crippen LogP contribution < -0.4 is 10.6 Å². The number of hydrogen-bond donors (Lipinski definition) is 2. The maximum Gasteiger partial charge on any atom is 0.274 e. The van der Waals surface area contributed by atoms with E-state index < -0.39 is 11.7 Å². The molecular weight excluding hydrogens is 381 g/mol. The van der Waals surface area contributed by atoms with Crippen molar-refractivity contribution < 1.29 is 9.18 Å². The zero-order chi connectivity index (χ0) is 20.8. The molecule has 0 unspecified atom stereocenters. The molecular formula is C23H18FN5O. The lowest BCUT2D eigenvalue weighted by Crippen LogP contribution is -2.16. The molecule has 0 saturated carbocycles. The van der Waals surface area contributed by atoms with E-state index in [1.807, 2.05) is 48.5 Å². The van der Waals surface area contributed by atoms with E-state index in [0.717, 1.165) is 11.3 Å². The van der Waals surface area contributed by atoms with Gasteiger partial charge in [0.15, 0.2) is 5.82 Å². The molecule has 0 aliphatic heterocycles. The highest BCUT2D eigenvalue weighted by Gasteiger charge is 2.15. The van der Waals surface area contributed by atoms with Gasteiger partial charge in [-0.2, -0.15) is 0 Å². The Morgan fingerprint density at radius 1 is 0.900 bits per heavy atom. The van der Waals surface area contributed by atoms with Crippen molar-refractivity contribution in [2.75, 3.05) is 10.6 Å². The molecule has 0 aliphatic rings. The van der Waals surface area contributed by atoms with Gasteiger partial charge < -0.3 is 10.6 Å². The van der Waals surface area contributed by atoms with Gasteiger partial charge in [0.1, 0.15) is 17.3 Å². The number of para-hydroxylation sites is 1. The summed E-state index contributed by atoms with van der Waals surface area (Å²) in [7, 11) is 0. The van der Waals surface area contributed by atoms with Crippen LogP contribution in [0.1, 0.15) is 16.2 Å². The van der Waals surface area contributed by atoms with Crippen LogP contribution in [0.25, 0.3) is 11.4 Å². The molecule has 2 aromatic carbocycles. The number of rotatable bonds is 6. The number of amides is 1. The molecule has 4 rings (SSSR count). The van der Waals surface area contributed by atoms with Gasteiger partial charge in [-0.25, -0.2) is 14.4 Å². The first-order chi connectivity index (χ1) is 14.7. The molecule has 0 bridgehead atoms. The van der Waals surface area contributed by atoms with Gasteiger partial charge in [-0.05, 0) is 24.3 Å². The van der Waals surface area contributed by atoms with E-state index in [1.165, 1.54) is 18.2 Å². The monoisotopic (exact) mass is 399 g/mol. The fraction of sp³-hybridized carbons (Fsp3) is 0.0435. The molecule has 2 aromatic heterocycles. The lowest BCUT2D eigenvalue weighted by molar-refractivity contribution is 0.102. The van der Waals surface area contributed by atoms with E-state index >= 15 is 0 Å². The fourth-order valence-electron chi connectivity index (χ4n) is 2.80. The second-order valence-electron chi connectivity index (χ2n) is 6.44. The summed E-state index contributed by atoms with van der Waals surface area (Å²) in [5.74, 6) is -0.189. The highest BCUT2D eigenvalue weighted by molar-refractivity contribution is 6.03. The Bertz CT molecular complexity index is 1150. The topological polar surface area (TPSA) is 79.8 Å². The zero-order valence-corrected chi connectivity index (χ0v) is 15.9. The standard InChI is InChI=1S/C23H18FN5O/c24-18-11-4-5-12-19(18)28-23(30)20-14-21(26-15-17-10-6-7-13-25-17)29-22(27-20)16-8-2-1-3-9-16/h1-14H,15H2,(H,28,30)(H,26,27,29). The number of carbonyl (C=O) groups is 1. The molecule has 4 aromatic rings. The van der Waals surface area contributed by atoms with Crippen LogP contribution >= 0.6 is 0 Å². The van der Waals surface area contributed by atoms with Crippen LogP contribution in [0.2, 0.25) is 0 Å². The van der Waals surface area contributed by atoms with Gasteiger partial charge in [0.25, 0.3) is 5.91 Å². The van der Waals surface area contributed by atoms with E-state index in [4.69, 9.17) is 0 Å². The van der Waals surface area contributed by atoms with Crippen LogP contribution in [-0.2, 0) is 6.54 Å². The van der Waals surface area contributed by atoms with Crippen molar-refractivity contribution in [1.29, 1.82) is 0 Å². The van der Waals surface area contributed by atoms with Crippen molar-refractivity contribution in [2.24, 2.45) is 0 Å². The summed E-state index contributed by atoms with van der Waals surface area (Å²) in [6, 6.07) is 22.5. The summed E-state index contributed by atoms with van der Waals surface area (Å²) < 4.78 is 13.9. The smallest absolute Gasteiger partial charge is 0.274 e. The highest BCUT2D eigenvalue weighted by Crippen LogP contribution is 2.20. The molecule has 148 valence electrons. The van der Waals surface area contributed by atoms with Crippen LogP contribution in [0.5, 0.6) is 0 Å². The Kier molecular flexibility index (Phi) is 5.70. The second kappa shape index (κ2) is 8.91. The van der Waals surface area contributed by atoms with Gasteiger partial charge in [-0.3, -0.25) is 9.78 Å². The predicted octanol–water partition coefficient (Wildman–Crippen LogP) is 4.54. The van der Waals surface area contributed by atoms with Gasteiger partial charge in [-0.15, -0.1) is 0 Å². The number of carbonyl (C=O) groups excluding carboxylic acids is 1. The van der Waals surface area contributed by atoms with Crippen molar-refractivity contribution in [2.45, 2.75) is 6.54 Å². The molecule has 6 nitrogen and oxygen atoms in total. The van der Waals surface area contributed by atoms with Crippen molar-refractivity contribution in [3.8, 4) is 11.4 Å². The minimum Gasteiger partial charge on any atom is -0.364 e. The Balaban J connectivity index is 1.64. The minimum absolute atomic E-state index is 0.0883. The van der Waals surface area contributed by atoms with Crippen molar-refractivity contribution in [3.05, 3.63) is 102 Å². The quantitative estimate of drug-likeness (QED) is 0.498. The number of nitrogens with zero attached hydrogens (tertiary/aromatic N) is 3. The summed E-state index contributed by atoms with van der Waals surface area (Å²) in [6.07, 6.45) is 1.71. The van der Waals surface area contributed by atoms with Crippen LogP contribution in [0.3, 0.4) is 0 Å². The van der Waals surface area contributed by atoms with Gasteiger partial charge >= 0.3 is 0 Å². The van der Waals surface area contributed by atoms with E-state index in [9.17, 15) is 9.18 Å². The maximum atomic E-state index is 13.9. The number of hydrogen-bond acceptors (Lipinski definition) is 5. The molecule has 2 heterocycles. The third-order valence-corrected chi connectivity index (χ3v) is 4.29. The van der Waals surface area contributed by atoms with Crippen LogP contribution in [0, 0.1) is 5.82 Å². The summed E-state index contributed by atoms with van der Waals surface area (Å²) in [4.78, 5) is 25.9. The molecule has 7 heteroatoms. The van der Waals surface area contributed by atoms with Gasteiger partial charge in [0, 0.05) is 17.8 Å². The number of pyridine rings is 1. The van der Waals surface area contributed by atoms with Crippen molar-refractivity contribution in [1.82, 2.24) is 15.0 Å². The molecule has 30 heavy (non-hydrogen) atoms. The van der Waals surface area contributed by atoms with Crippen LogP contribution in [0.15, 0.2) is 85.1 Å². The first-order valence-corrected chi connectivity index (χ1v) is 9.33. The minimum atomic E-state index is -0.527. The second-order valence-corrected chi connectivity index (χ2v) is 6.44. The lowest BCUT2D eigenvalue weighted by atomic mass is 10.2. The van der Waals surface area contributed by atoms with E-state index in [1.54, 1.807) is 18.3 Å². The summed E-state index contributed by atoms with van der Waals surface area (Å²) in [5, 5.41) is 5.74. The van der Waals surface area contributed by atoms with Crippen molar-refractivity contribution >= 4 is 17.4 Å². The first-order valence-electron chi connectivity index (χ1n) is 9.33. The number of benzene rings is 2. The van der Waals surface area contributed by atoms with E-state index in [2.05, 4.69) is 25.6 Å². The molecule has 0 radical (unpaired) electrons. The van der Waals surface area contributed by atoms with E-state index in [0.29, 0.717) is 18.2 Å². The third kappa shape index (κ3) is 4.64. The largest absolute Gasteiger partial charge is 0.364 e. The Hall–Kier alpha value is -4.13. The number of anilines is 2. The molecule has 0 saturated heterocycles. The van der Waals surface area contributed by atoms with Crippen molar-refractivity contribution in [3.63, 3.8) is 0 Å².